The third kappa shape index (κ3) is 4.58. The Hall–Kier alpha value is -2.70. The molecule has 7 heteroatoms. The molecule has 0 aromatic heterocycles. The van der Waals surface area contributed by atoms with Crippen molar-refractivity contribution in [1.29, 1.82) is 0 Å². The lowest BCUT2D eigenvalue weighted by Gasteiger charge is -2.37. The molecule has 4 nitrogen and oxygen atoms in total. The highest BCUT2D eigenvalue weighted by molar-refractivity contribution is 5.69. The van der Waals surface area contributed by atoms with Gasteiger partial charge in [-0.2, -0.15) is 13.2 Å². The Kier molecular flexibility index (Phi) is 5.28. The van der Waals surface area contributed by atoms with Crippen LogP contribution in [0.4, 0.5) is 18.0 Å². The number of carbonyl (C=O) groups excluding carboxylic acids is 1. The Morgan fingerprint density at radius 1 is 1.04 bits per heavy atom. The second-order valence-corrected chi connectivity index (χ2v) is 7.61. The van der Waals surface area contributed by atoms with Crippen molar-refractivity contribution in [3.05, 3.63) is 65.2 Å². The normalized spacial score (nSPS) is 17.1. The fraction of sp³-hybridized carbons (Fsp3) is 0.381. The summed E-state index contributed by atoms with van der Waals surface area (Å²) in [6.07, 6.45) is -5.09. The van der Waals surface area contributed by atoms with Gasteiger partial charge < -0.3 is 9.47 Å². The molecule has 0 spiro atoms. The number of carbonyl (C=O) groups is 1. The quantitative estimate of drug-likeness (QED) is 0.669. The van der Waals surface area contributed by atoms with E-state index < -0.39 is 29.7 Å². The Morgan fingerprint density at radius 3 is 2.29 bits per heavy atom. The summed E-state index contributed by atoms with van der Waals surface area (Å²) in [4.78, 5) is 14.1. The molecule has 28 heavy (non-hydrogen) atoms. The molecule has 2 aromatic carbocycles. The first-order valence-corrected chi connectivity index (χ1v) is 8.96. The Balaban J connectivity index is 1.90. The van der Waals surface area contributed by atoms with Crippen LogP contribution in [0.3, 0.4) is 0 Å². The Morgan fingerprint density at radius 2 is 1.68 bits per heavy atom. The van der Waals surface area contributed by atoms with Crippen molar-refractivity contribution in [2.24, 2.45) is 0 Å². The van der Waals surface area contributed by atoms with E-state index in [2.05, 4.69) is 0 Å². The Bertz CT molecular complexity index is 841. The highest BCUT2D eigenvalue weighted by Gasteiger charge is 2.35. The van der Waals surface area contributed by atoms with E-state index in [1.165, 1.54) is 17.0 Å². The molecule has 0 saturated carbocycles. The third-order valence-electron chi connectivity index (χ3n) is 4.28. The summed E-state index contributed by atoms with van der Waals surface area (Å²) in [6.45, 7) is 5.70. The van der Waals surface area contributed by atoms with Crippen LogP contribution in [-0.4, -0.2) is 23.1 Å². The van der Waals surface area contributed by atoms with Crippen molar-refractivity contribution >= 4 is 6.09 Å². The van der Waals surface area contributed by atoms with Crippen molar-refractivity contribution in [3.8, 4) is 5.75 Å². The molecular formula is C21H22F3NO3. The SMILES string of the molecule is CC(C)(C)OC(=O)N1CCc2ccccc2C1Oc1ccc(C(F)(F)F)cc1. The standard InChI is InChI=1S/C21H22F3NO3/c1-20(2,3)28-19(26)25-13-12-14-6-4-5-7-17(14)18(25)27-16-10-8-15(9-11-16)21(22,23)24/h4-11,18H,12-13H2,1-3H3. The van der Waals surface area contributed by atoms with Crippen molar-refractivity contribution in [2.75, 3.05) is 6.54 Å². The van der Waals surface area contributed by atoms with Crippen LogP contribution in [-0.2, 0) is 17.3 Å². The molecule has 2 aromatic rings. The number of hydrogen-bond acceptors (Lipinski definition) is 3. The summed E-state index contributed by atoms with van der Waals surface area (Å²) in [5.41, 5.74) is 0.388. The Labute approximate surface area is 161 Å². The van der Waals surface area contributed by atoms with Crippen LogP contribution in [0, 0.1) is 0 Å². The zero-order valence-electron chi connectivity index (χ0n) is 15.9. The molecule has 1 atom stereocenters. The minimum atomic E-state index is -4.42. The average Bonchev–Trinajstić information content (AvgIpc) is 2.60. The second kappa shape index (κ2) is 7.37. The van der Waals surface area contributed by atoms with Crippen molar-refractivity contribution in [1.82, 2.24) is 4.90 Å². The van der Waals surface area contributed by atoms with Gasteiger partial charge in [-0.1, -0.05) is 24.3 Å². The maximum Gasteiger partial charge on any atom is 0.416 e. The van der Waals surface area contributed by atoms with Gasteiger partial charge in [-0.05, 0) is 57.0 Å². The van der Waals surface area contributed by atoms with E-state index in [-0.39, 0.29) is 5.75 Å². The first-order valence-electron chi connectivity index (χ1n) is 8.96. The lowest BCUT2D eigenvalue weighted by Crippen LogP contribution is -2.45. The summed E-state index contributed by atoms with van der Waals surface area (Å²) in [6, 6.07) is 12.0. The minimum absolute atomic E-state index is 0.239. The molecule has 1 aliphatic heterocycles. The van der Waals surface area contributed by atoms with Crippen molar-refractivity contribution < 1.29 is 27.4 Å². The van der Waals surface area contributed by atoms with Gasteiger partial charge in [0.1, 0.15) is 11.4 Å². The van der Waals surface area contributed by atoms with Gasteiger partial charge in [0.25, 0.3) is 0 Å². The van der Waals surface area contributed by atoms with Gasteiger partial charge in [-0.3, -0.25) is 4.90 Å². The number of ether oxygens (including phenoxy) is 2. The molecule has 0 aliphatic carbocycles. The molecular weight excluding hydrogens is 371 g/mol. The number of benzene rings is 2. The number of rotatable bonds is 2. The molecule has 1 amide bonds. The van der Waals surface area contributed by atoms with E-state index in [4.69, 9.17) is 9.47 Å². The summed E-state index contributed by atoms with van der Waals surface area (Å²) < 4.78 is 49.8. The fourth-order valence-corrected chi connectivity index (χ4v) is 3.01. The molecule has 0 N–H and O–H groups in total. The van der Waals surface area contributed by atoms with Gasteiger partial charge in [0.2, 0.25) is 6.23 Å². The largest absolute Gasteiger partial charge is 0.466 e. The number of fused-ring (bicyclic) bond motifs is 1. The minimum Gasteiger partial charge on any atom is -0.466 e. The van der Waals surface area contributed by atoms with Crippen LogP contribution in [0.5, 0.6) is 5.75 Å². The van der Waals surface area contributed by atoms with Crippen LogP contribution >= 0.6 is 0 Å². The summed E-state index contributed by atoms with van der Waals surface area (Å²) >= 11 is 0. The smallest absolute Gasteiger partial charge is 0.416 e. The van der Waals surface area contributed by atoms with Crippen LogP contribution in [0.1, 0.15) is 43.7 Å². The van der Waals surface area contributed by atoms with Gasteiger partial charge in [0, 0.05) is 12.1 Å². The van der Waals surface area contributed by atoms with Gasteiger partial charge in [0.05, 0.1) is 5.56 Å². The van der Waals surface area contributed by atoms with E-state index in [9.17, 15) is 18.0 Å². The molecule has 150 valence electrons. The molecule has 0 fully saturated rings. The topological polar surface area (TPSA) is 38.8 Å². The maximum absolute atomic E-state index is 12.8. The molecule has 1 heterocycles. The van der Waals surface area contributed by atoms with Crippen LogP contribution < -0.4 is 4.74 Å². The van der Waals surface area contributed by atoms with E-state index >= 15 is 0 Å². The van der Waals surface area contributed by atoms with Crippen LogP contribution in [0.2, 0.25) is 0 Å². The number of amides is 1. The number of alkyl halides is 3. The number of halogens is 3. The summed E-state index contributed by atoms with van der Waals surface area (Å²) in [5, 5.41) is 0. The van der Waals surface area contributed by atoms with Crippen LogP contribution in [0.15, 0.2) is 48.5 Å². The van der Waals surface area contributed by atoms with E-state index in [0.717, 1.165) is 23.3 Å². The van der Waals surface area contributed by atoms with Gasteiger partial charge in [-0.15, -0.1) is 0 Å². The molecule has 0 bridgehead atoms. The maximum atomic E-state index is 12.8. The monoisotopic (exact) mass is 393 g/mol. The van der Waals surface area contributed by atoms with E-state index in [1.54, 1.807) is 20.8 Å². The summed E-state index contributed by atoms with van der Waals surface area (Å²) in [7, 11) is 0. The highest BCUT2D eigenvalue weighted by Crippen LogP contribution is 2.35. The van der Waals surface area contributed by atoms with Crippen molar-refractivity contribution in [2.45, 2.75) is 45.2 Å². The highest BCUT2D eigenvalue weighted by atomic mass is 19.4. The zero-order chi connectivity index (χ0) is 20.5. The number of hydrogen-bond donors (Lipinski definition) is 0. The fourth-order valence-electron chi connectivity index (χ4n) is 3.01. The first-order chi connectivity index (χ1) is 13.0. The average molecular weight is 393 g/mol. The van der Waals surface area contributed by atoms with Gasteiger partial charge in [-0.25, -0.2) is 4.79 Å². The molecule has 0 saturated heterocycles. The molecule has 1 unspecified atom stereocenters. The lowest BCUT2D eigenvalue weighted by atomic mass is 9.98. The molecule has 1 aliphatic rings. The predicted molar refractivity (Wildman–Crippen MR) is 97.9 cm³/mol. The van der Waals surface area contributed by atoms with Gasteiger partial charge in [0.15, 0.2) is 0 Å². The molecule has 3 rings (SSSR count). The molecule has 0 radical (unpaired) electrons. The zero-order valence-corrected chi connectivity index (χ0v) is 15.9. The second-order valence-electron chi connectivity index (χ2n) is 7.61. The van der Waals surface area contributed by atoms with Gasteiger partial charge >= 0.3 is 12.3 Å². The van der Waals surface area contributed by atoms with E-state index in [1.807, 2.05) is 24.3 Å². The first kappa shape index (κ1) is 20.0. The van der Waals surface area contributed by atoms with Crippen molar-refractivity contribution in [3.63, 3.8) is 0 Å². The summed E-state index contributed by atoms with van der Waals surface area (Å²) in [5.74, 6) is 0.239. The number of nitrogens with zero attached hydrogens (tertiary/aromatic N) is 1. The lowest BCUT2D eigenvalue weighted by molar-refractivity contribution is -0.137. The predicted octanol–water partition coefficient (Wildman–Crippen LogP) is 5.58. The third-order valence-corrected chi connectivity index (χ3v) is 4.28. The van der Waals surface area contributed by atoms with Crippen LogP contribution in [0.25, 0.3) is 0 Å². The van der Waals surface area contributed by atoms with E-state index in [0.29, 0.717) is 13.0 Å².